The van der Waals surface area contributed by atoms with Gasteiger partial charge in [-0.2, -0.15) is 0 Å². The molecule has 1 aromatic rings. The molecule has 1 aromatic carbocycles. The van der Waals surface area contributed by atoms with Crippen LogP contribution in [0, 0.1) is 0 Å². The van der Waals surface area contributed by atoms with Crippen LogP contribution < -0.4 is 5.32 Å². The molecule has 3 rings (SSSR count). The molecule has 0 radical (unpaired) electrons. The first-order chi connectivity index (χ1) is 13.5. The number of hydrogen-bond acceptors (Lipinski definition) is 4. The second-order valence-electron chi connectivity index (χ2n) is 7.86. The van der Waals surface area contributed by atoms with Crippen molar-refractivity contribution >= 4 is 29.1 Å². The first kappa shape index (κ1) is 21.1. The monoisotopic (exact) mass is 406 g/mol. The number of piperazine rings is 1. The second kappa shape index (κ2) is 10.2. The van der Waals surface area contributed by atoms with Crippen molar-refractivity contribution in [2.24, 2.45) is 0 Å². The van der Waals surface area contributed by atoms with E-state index in [0.29, 0.717) is 24.0 Å². The molecule has 2 heterocycles. The average Bonchev–Trinajstić information content (AvgIpc) is 2.68. The van der Waals surface area contributed by atoms with Gasteiger partial charge in [-0.05, 0) is 44.4 Å². The SMILES string of the molecule is CC1CCCCN1C(=O)CN1CCN(CCC(=O)Nc2cccc(Cl)c2)CC1. The van der Waals surface area contributed by atoms with Crippen molar-refractivity contribution in [1.82, 2.24) is 14.7 Å². The van der Waals surface area contributed by atoms with Crippen LogP contribution in [-0.4, -0.2) is 78.4 Å². The van der Waals surface area contributed by atoms with Crippen LogP contribution in [0.5, 0.6) is 0 Å². The van der Waals surface area contributed by atoms with Crippen molar-refractivity contribution in [3.63, 3.8) is 0 Å². The fourth-order valence-corrected chi connectivity index (χ4v) is 4.16. The van der Waals surface area contributed by atoms with Gasteiger partial charge in [-0.15, -0.1) is 0 Å². The van der Waals surface area contributed by atoms with Crippen LogP contribution >= 0.6 is 11.6 Å². The summed E-state index contributed by atoms with van der Waals surface area (Å²) in [5.74, 6) is 0.264. The Bertz CT molecular complexity index is 676. The lowest BCUT2D eigenvalue weighted by Gasteiger charge is -2.38. The molecule has 2 amide bonds. The van der Waals surface area contributed by atoms with Gasteiger partial charge in [-0.25, -0.2) is 0 Å². The molecule has 0 aromatic heterocycles. The number of piperidine rings is 1. The minimum Gasteiger partial charge on any atom is -0.339 e. The standard InChI is InChI=1S/C21H31ClN4O2/c1-17-5-2-3-9-26(17)21(28)16-25-13-11-24(12-14-25)10-8-20(27)23-19-7-4-6-18(22)15-19/h4,6-7,15,17H,2-3,5,8-14,16H2,1H3,(H,23,27). The van der Waals surface area contributed by atoms with Gasteiger partial charge in [0.15, 0.2) is 0 Å². The molecule has 28 heavy (non-hydrogen) atoms. The first-order valence-electron chi connectivity index (χ1n) is 10.3. The third-order valence-electron chi connectivity index (χ3n) is 5.71. The lowest BCUT2D eigenvalue weighted by atomic mass is 10.0. The Morgan fingerprint density at radius 2 is 1.86 bits per heavy atom. The predicted octanol–water partition coefficient (Wildman–Crippen LogP) is 2.69. The van der Waals surface area contributed by atoms with Crippen molar-refractivity contribution < 1.29 is 9.59 Å². The minimum atomic E-state index is -0.000963. The number of carbonyl (C=O) groups is 2. The number of benzene rings is 1. The maximum Gasteiger partial charge on any atom is 0.236 e. The fourth-order valence-electron chi connectivity index (χ4n) is 3.97. The third-order valence-corrected chi connectivity index (χ3v) is 5.95. The molecule has 2 aliphatic rings. The number of likely N-dealkylation sites (tertiary alicyclic amines) is 1. The Hall–Kier alpha value is -1.63. The van der Waals surface area contributed by atoms with E-state index in [-0.39, 0.29) is 11.8 Å². The number of carbonyl (C=O) groups excluding carboxylic acids is 2. The van der Waals surface area contributed by atoms with E-state index in [1.54, 1.807) is 12.1 Å². The normalized spacial score (nSPS) is 21.5. The van der Waals surface area contributed by atoms with Crippen LogP contribution in [0.15, 0.2) is 24.3 Å². The number of halogens is 1. The van der Waals surface area contributed by atoms with Crippen molar-refractivity contribution in [1.29, 1.82) is 0 Å². The average molecular weight is 407 g/mol. The van der Waals surface area contributed by atoms with Gasteiger partial charge >= 0.3 is 0 Å². The predicted molar refractivity (Wildman–Crippen MR) is 113 cm³/mol. The highest BCUT2D eigenvalue weighted by Gasteiger charge is 2.26. The molecule has 1 unspecified atom stereocenters. The van der Waals surface area contributed by atoms with E-state index in [9.17, 15) is 9.59 Å². The maximum atomic E-state index is 12.6. The summed E-state index contributed by atoms with van der Waals surface area (Å²) in [6.07, 6.45) is 3.93. The Labute approximate surface area is 172 Å². The molecule has 2 fully saturated rings. The van der Waals surface area contributed by atoms with Gasteiger partial charge in [-0.1, -0.05) is 17.7 Å². The highest BCUT2D eigenvalue weighted by atomic mass is 35.5. The number of hydrogen-bond donors (Lipinski definition) is 1. The number of anilines is 1. The smallest absolute Gasteiger partial charge is 0.236 e. The number of nitrogens with one attached hydrogen (secondary N) is 1. The molecule has 0 aliphatic carbocycles. The first-order valence-corrected chi connectivity index (χ1v) is 10.7. The molecule has 6 nitrogen and oxygen atoms in total. The van der Waals surface area contributed by atoms with E-state index in [0.717, 1.165) is 57.8 Å². The second-order valence-corrected chi connectivity index (χ2v) is 8.29. The van der Waals surface area contributed by atoms with E-state index in [4.69, 9.17) is 11.6 Å². The van der Waals surface area contributed by atoms with Crippen LogP contribution in [0.4, 0.5) is 5.69 Å². The topological polar surface area (TPSA) is 55.9 Å². The summed E-state index contributed by atoms with van der Waals surface area (Å²) in [7, 11) is 0. The zero-order chi connectivity index (χ0) is 19.9. The Balaban J connectivity index is 1.35. The van der Waals surface area contributed by atoms with Crippen LogP contribution in [-0.2, 0) is 9.59 Å². The molecule has 7 heteroatoms. The highest BCUT2D eigenvalue weighted by molar-refractivity contribution is 6.30. The molecule has 0 bridgehead atoms. The molecule has 2 saturated heterocycles. The summed E-state index contributed by atoms with van der Waals surface area (Å²) in [6, 6.07) is 7.57. The van der Waals surface area contributed by atoms with Gasteiger partial charge in [0.2, 0.25) is 11.8 Å². The number of amides is 2. The van der Waals surface area contributed by atoms with Gasteiger partial charge < -0.3 is 15.1 Å². The van der Waals surface area contributed by atoms with Crippen LogP contribution in [0.3, 0.4) is 0 Å². The van der Waals surface area contributed by atoms with Gasteiger partial charge in [-0.3, -0.25) is 14.5 Å². The molecule has 0 spiro atoms. The van der Waals surface area contributed by atoms with Crippen LogP contribution in [0.2, 0.25) is 5.02 Å². The quantitative estimate of drug-likeness (QED) is 0.789. The van der Waals surface area contributed by atoms with Crippen molar-refractivity contribution in [2.45, 2.75) is 38.6 Å². The Kier molecular flexibility index (Phi) is 7.71. The van der Waals surface area contributed by atoms with Crippen LogP contribution in [0.25, 0.3) is 0 Å². The van der Waals surface area contributed by atoms with Gasteiger partial charge in [0.1, 0.15) is 0 Å². The molecular weight excluding hydrogens is 376 g/mol. The lowest BCUT2D eigenvalue weighted by molar-refractivity contribution is -0.136. The van der Waals surface area contributed by atoms with E-state index < -0.39 is 0 Å². The summed E-state index contributed by atoms with van der Waals surface area (Å²) in [5, 5.41) is 3.50. The van der Waals surface area contributed by atoms with Gasteiger partial charge in [0, 0.05) is 62.4 Å². The summed E-state index contributed by atoms with van der Waals surface area (Å²) >= 11 is 5.94. The third kappa shape index (κ3) is 6.19. The molecule has 1 N–H and O–H groups in total. The minimum absolute atomic E-state index is 0.000963. The summed E-state index contributed by atoms with van der Waals surface area (Å²) < 4.78 is 0. The summed E-state index contributed by atoms with van der Waals surface area (Å²) in [4.78, 5) is 31.3. The molecule has 0 saturated carbocycles. The molecule has 154 valence electrons. The molecule has 2 aliphatic heterocycles. The van der Waals surface area contributed by atoms with Crippen molar-refractivity contribution in [2.75, 3.05) is 51.1 Å². The fraction of sp³-hybridized carbons (Fsp3) is 0.619. The van der Waals surface area contributed by atoms with Gasteiger partial charge in [0.05, 0.1) is 6.54 Å². The lowest BCUT2D eigenvalue weighted by Crippen LogP contribution is -2.52. The van der Waals surface area contributed by atoms with E-state index in [1.807, 2.05) is 12.1 Å². The zero-order valence-corrected chi connectivity index (χ0v) is 17.5. The van der Waals surface area contributed by atoms with Crippen molar-refractivity contribution in [3.05, 3.63) is 29.3 Å². The van der Waals surface area contributed by atoms with E-state index in [2.05, 4.69) is 26.9 Å². The van der Waals surface area contributed by atoms with E-state index >= 15 is 0 Å². The maximum absolute atomic E-state index is 12.6. The Morgan fingerprint density at radius 3 is 2.57 bits per heavy atom. The summed E-state index contributed by atoms with van der Waals surface area (Å²) in [6.45, 7) is 7.87. The van der Waals surface area contributed by atoms with Crippen molar-refractivity contribution in [3.8, 4) is 0 Å². The van der Waals surface area contributed by atoms with Gasteiger partial charge in [0.25, 0.3) is 0 Å². The summed E-state index contributed by atoms with van der Waals surface area (Å²) in [5.41, 5.74) is 0.729. The number of nitrogens with zero attached hydrogens (tertiary/aromatic N) is 3. The van der Waals surface area contributed by atoms with E-state index in [1.165, 1.54) is 6.42 Å². The highest BCUT2D eigenvalue weighted by Crippen LogP contribution is 2.17. The largest absolute Gasteiger partial charge is 0.339 e. The molecular formula is C21H31ClN4O2. The number of rotatable bonds is 6. The zero-order valence-electron chi connectivity index (χ0n) is 16.7. The van der Waals surface area contributed by atoms with Crippen LogP contribution in [0.1, 0.15) is 32.6 Å². The Morgan fingerprint density at radius 1 is 1.11 bits per heavy atom. The molecule has 1 atom stereocenters.